The molecule has 0 radical (unpaired) electrons. The Hall–Kier alpha value is -3.08. The van der Waals surface area contributed by atoms with Crippen molar-refractivity contribution in [3.05, 3.63) is 51.6 Å². The number of carbonyl (C=O) groups is 4. The van der Waals surface area contributed by atoms with Crippen molar-refractivity contribution in [2.45, 2.75) is 0 Å². The molecular formula is C21H17ClN2O7S. The molecular weight excluding hydrogens is 460 g/mol. The van der Waals surface area contributed by atoms with Gasteiger partial charge in [0.15, 0.2) is 0 Å². The number of furan rings is 1. The molecule has 2 saturated heterocycles. The highest BCUT2D eigenvalue weighted by molar-refractivity contribution is 8.18. The van der Waals surface area contributed by atoms with Gasteiger partial charge < -0.3 is 19.2 Å². The van der Waals surface area contributed by atoms with Crippen LogP contribution in [0.1, 0.15) is 16.1 Å². The van der Waals surface area contributed by atoms with Gasteiger partial charge in [0.05, 0.1) is 28.7 Å². The third-order valence-electron chi connectivity index (χ3n) is 4.91. The average molecular weight is 477 g/mol. The van der Waals surface area contributed by atoms with Crippen LogP contribution in [0.25, 0.3) is 17.4 Å². The number of thioether (sulfide) groups is 1. The number of carbonyl (C=O) groups excluding carboxylic acids is 3. The summed E-state index contributed by atoms with van der Waals surface area (Å²) in [5.41, 5.74) is 0.534. The molecule has 2 aliphatic heterocycles. The van der Waals surface area contributed by atoms with Gasteiger partial charge in [0, 0.05) is 24.7 Å². The van der Waals surface area contributed by atoms with Crippen molar-refractivity contribution in [3.63, 3.8) is 0 Å². The van der Waals surface area contributed by atoms with Crippen LogP contribution >= 0.6 is 23.4 Å². The number of ether oxygens (including phenoxy) is 1. The lowest BCUT2D eigenvalue weighted by Crippen LogP contribution is -2.46. The van der Waals surface area contributed by atoms with E-state index < -0.39 is 17.1 Å². The van der Waals surface area contributed by atoms with Crippen LogP contribution in [-0.4, -0.2) is 70.8 Å². The van der Waals surface area contributed by atoms with E-state index in [1.807, 2.05) is 0 Å². The fourth-order valence-electron chi connectivity index (χ4n) is 3.24. The molecule has 9 nitrogen and oxygen atoms in total. The first-order chi connectivity index (χ1) is 15.3. The van der Waals surface area contributed by atoms with Crippen molar-refractivity contribution in [2.75, 3.05) is 32.8 Å². The van der Waals surface area contributed by atoms with E-state index in [9.17, 15) is 19.2 Å². The first-order valence-corrected chi connectivity index (χ1v) is 10.8. The number of benzene rings is 1. The summed E-state index contributed by atoms with van der Waals surface area (Å²) in [5, 5.41) is 8.62. The Bertz CT molecular complexity index is 1140. The van der Waals surface area contributed by atoms with Crippen molar-refractivity contribution >= 4 is 52.5 Å². The van der Waals surface area contributed by atoms with E-state index in [4.69, 9.17) is 25.9 Å². The van der Waals surface area contributed by atoms with Gasteiger partial charge in [0.1, 0.15) is 18.1 Å². The summed E-state index contributed by atoms with van der Waals surface area (Å²) in [6, 6.07) is 7.66. The molecule has 3 heterocycles. The highest BCUT2D eigenvalue weighted by Gasteiger charge is 2.37. The molecule has 3 amide bonds. The standard InChI is InChI=1S/C21H17ClN2O7S/c22-15-9-12(1-3-14(15)20(27)28)16-4-2-13(31-16)10-17-19(26)24(21(29)32-17)11-18(25)23-5-7-30-8-6-23/h1-4,9-10H,5-8,11H2,(H,27,28). The molecule has 2 aromatic rings. The van der Waals surface area contributed by atoms with E-state index in [-0.39, 0.29) is 27.9 Å². The Labute approximate surface area is 191 Å². The molecule has 166 valence electrons. The molecule has 0 spiro atoms. The molecule has 4 rings (SSSR count). The number of hydrogen-bond acceptors (Lipinski definition) is 7. The highest BCUT2D eigenvalue weighted by atomic mass is 35.5. The zero-order valence-electron chi connectivity index (χ0n) is 16.6. The van der Waals surface area contributed by atoms with Crippen LogP contribution in [0, 0.1) is 0 Å². The van der Waals surface area contributed by atoms with Gasteiger partial charge in [-0.15, -0.1) is 0 Å². The third-order valence-corrected chi connectivity index (χ3v) is 6.14. The first kappa shape index (κ1) is 22.1. The molecule has 2 aliphatic rings. The number of imide groups is 1. The van der Waals surface area contributed by atoms with Crippen LogP contribution in [0.3, 0.4) is 0 Å². The number of carboxylic acid groups (broad SMARTS) is 1. The Balaban J connectivity index is 1.48. The van der Waals surface area contributed by atoms with Gasteiger partial charge in [0.25, 0.3) is 11.1 Å². The maximum atomic E-state index is 12.7. The molecule has 32 heavy (non-hydrogen) atoms. The second-order valence-electron chi connectivity index (χ2n) is 6.96. The van der Waals surface area contributed by atoms with Crippen LogP contribution < -0.4 is 0 Å². The van der Waals surface area contributed by atoms with Crippen molar-refractivity contribution < 1.29 is 33.4 Å². The number of halogens is 1. The minimum Gasteiger partial charge on any atom is -0.478 e. The lowest BCUT2D eigenvalue weighted by Gasteiger charge is -2.27. The van der Waals surface area contributed by atoms with E-state index in [2.05, 4.69) is 0 Å². The largest absolute Gasteiger partial charge is 0.478 e. The van der Waals surface area contributed by atoms with Crippen LogP contribution in [0.4, 0.5) is 4.79 Å². The van der Waals surface area contributed by atoms with E-state index in [1.165, 1.54) is 18.2 Å². The summed E-state index contributed by atoms with van der Waals surface area (Å²) >= 11 is 6.74. The van der Waals surface area contributed by atoms with Gasteiger partial charge in [-0.05, 0) is 36.0 Å². The summed E-state index contributed by atoms with van der Waals surface area (Å²) in [7, 11) is 0. The minimum absolute atomic E-state index is 0.0255. The summed E-state index contributed by atoms with van der Waals surface area (Å²) in [5.74, 6) is -1.27. The lowest BCUT2D eigenvalue weighted by molar-refractivity contribution is -0.139. The quantitative estimate of drug-likeness (QED) is 0.654. The molecule has 0 unspecified atom stereocenters. The van der Waals surface area contributed by atoms with Gasteiger partial charge in [-0.2, -0.15) is 0 Å². The molecule has 2 fully saturated rings. The number of nitrogens with zero attached hydrogens (tertiary/aromatic N) is 2. The number of amides is 3. The van der Waals surface area contributed by atoms with Gasteiger partial charge in [-0.1, -0.05) is 17.7 Å². The van der Waals surface area contributed by atoms with Gasteiger partial charge in [-0.25, -0.2) is 4.79 Å². The van der Waals surface area contributed by atoms with E-state index in [0.717, 1.165) is 16.7 Å². The van der Waals surface area contributed by atoms with Crippen LogP contribution in [0.5, 0.6) is 0 Å². The molecule has 0 saturated carbocycles. The number of morpholine rings is 1. The molecule has 0 atom stereocenters. The number of rotatable bonds is 5. The monoisotopic (exact) mass is 476 g/mol. The van der Waals surface area contributed by atoms with Crippen LogP contribution in [0.2, 0.25) is 5.02 Å². The Morgan fingerprint density at radius 2 is 1.91 bits per heavy atom. The Morgan fingerprint density at radius 1 is 1.16 bits per heavy atom. The summed E-state index contributed by atoms with van der Waals surface area (Å²) < 4.78 is 10.9. The maximum absolute atomic E-state index is 12.7. The number of hydrogen-bond donors (Lipinski definition) is 1. The number of aromatic carboxylic acids is 1. The van der Waals surface area contributed by atoms with E-state index in [1.54, 1.807) is 23.1 Å². The smallest absolute Gasteiger partial charge is 0.337 e. The van der Waals surface area contributed by atoms with Gasteiger partial charge in [-0.3, -0.25) is 19.3 Å². The highest BCUT2D eigenvalue weighted by Crippen LogP contribution is 2.34. The van der Waals surface area contributed by atoms with E-state index in [0.29, 0.717) is 43.4 Å². The predicted molar refractivity (Wildman–Crippen MR) is 116 cm³/mol. The summed E-state index contributed by atoms with van der Waals surface area (Å²) in [6.45, 7) is 1.39. The van der Waals surface area contributed by atoms with Crippen LogP contribution in [0.15, 0.2) is 39.7 Å². The average Bonchev–Trinajstić information content (AvgIpc) is 3.34. The van der Waals surface area contributed by atoms with Crippen molar-refractivity contribution in [1.29, 1.82) is 0 Å². The van der Waals surface area contributed by atoms with Crippen molar-refractivity contribution in [1.82, 2.24) is 9.80 Å². The molecule has 1 aromatic heterocycles. The second kappa shape index (κ2) is 9.19. The molecule has 0 aliphatic carbocycles. The van der Waals surface area contributed by atoms with Gasteiger partial charge >= 0.3 is 5.97 Å². The zero-order valence-corrected chi connectivity index (χ0v) is 18.1. The lowest BCUT2D eigenvalue weighted by atomic mass is 10.1. The molecule has 0 bridgehead atoms. The summed E-state index contributed by atoms with van der Waals surface area (Å²) in [4.78, 5) is 51.1. The van der Waals surface area contributed by atoms with Crippen molar-refractivity contribution in [2.24, 2.45) is 0 Å². The first-order valence-electron chi connectivity index (χ1n) is 9.57. The summed E-state index contributed by atoms with van der Waals surface area (Å²) in [6.07, 6.45) is 1.43. The SMILES string of the molecule is O=C(O)c1ccc(-c2ccc(C=C3SC(=O)N(CC(=O)N4CCOCC4)C3=O)o2)cc1Cl. The fourth-order valence-corrected chi connectivity index (χ4v) is 4.32. The molecule has 1 N–H and O–H groups in total. The molecule has 1 aromatic carbocycles. The second-order valence-corrected chi connectivity index (χ2v) is 8.36. The Kier molecular flexibility index (Phi) is 6.35. The normalized spacial score (nSPS) is 18.0. The van der Waals surface area contributed by atoms with E-state index >= 15 is 0 Å². The van der Waals surface area contributed by atoms with Crippen LogP contribution in [-0.2, 0) is 14.3 Å². The maximum Gasteiger partial charge on any atom is 0.337 e. The topological polar surface area (TPSA) is 117 Å². The fraction of sp³-hybridized carbons (Fsp3) is 0.238. The van der Waals surface area contributed by atoms with Crippen molar-refractivity contribution in [3.8, 4) is 11.3 Å². The van der Waals surface area contributed by atoms with Gasteiger partial charge in [0.2, 0.25) is 5.91 Å². The number of carboxylic acids is 1. The zero-order chi connectivity index (χ0) is 22.8. The Morgan fingerprint density at radius 3 is 2.59 bits per heavy atom. The third kappa shape index (κ3) is 4.57. The molecule has 11 heteroatoms. The minimum atomic E-state index is -1.13. The predicted octanol–water partition coefficient (Wildman–Crippen LogP) is 3.19.